The predicted molar refractivity (Wildman–Crippen MR) is 58.3 cm³/mol. The van der Waals surface area contributed by atoms with Crippen molar-refractivity contribution in [2.45, 2.75) is 39.5 Å². The van der Waals surface area contributed by atoms with Crippen molar-refractivity contribution in [2.75, 3.05) is 25.7 Å². The largest absolute Gasteiger partial charge is 1.00 e. The molecule has 0 unspecified atom stereocenters. The molecule has 76 valence electrons. The summed E-state index contributed by atoms with van der Waals surface area (Å²) in [6.45, 7) is 9.61. The number of hydrogen-bond donors (Lipinski definition) is 0. The fourth-order valence-corrected chi connectivity index (χ4v) is 3.85. The fourth-order valence-electron chi connectivity index (χ4n) is 1.28. The Hall–Kier alpha value is 0.910. The molecule has 0 amide bonds. The molecular formula is C10H24BrP. The first-order chi connectivity index (χ1) is 5.12. The van der Waals surface area contributed by atoms with Gasteiger partial charge in [0, 0.05) is 20.6 Å². The van der Waals surface area contributed by atoms with Crippen LogP contribution in [0.3, 0.4) is 0 Å². The van der Waals surface area contributed by atoms with E-state index in [0.717, 1.165) is 0 Å². The molecule has 0 saturated carbocycles. The van der Waals surface area contributed by atoms with E-state index in [1.807, 2.05) is 0 Å². The van der Waals surface area contributed by atoms with Gasteiger partial charge in [0.2, 0.25) is 0 Å². The summed E-state index contributed by atoms with van der Waals surface area (Å²) in [5.41, 5.74) is 0. The smallest absolute Gasteiger partial charge is 0.0588 e. The van der Waals surface area contributed by atoms with Crippen molar-refractivity contribution in [3.63, 3.8) is 0 Å². The van der Waals surface area contributed by atoms with Crippen LogP contribution in [0.1, 0.15) is 39.5 Å². The minimum atomic E-state index is -0.476. The van der Waals surface area contributed by atoms with Crippen LogP contribution in [-0.4, -0.2) is 25.7 Å². The van der Waals surface area contributed by atoms with E-state index in [1.165, 1.54) is 38.0 Å². The predicted octanol–water partition coefficient (Wildman–Crippen LogP) is 0.868. The zero-order valence-electron chi connectivity index (χ0n) is 9.07. The highest BCUT2D eigenvalue weighted by Gasteiger charge is 2.22. The third-order valence-electron chi connectivity index (χ3n) is 2.23. The van der Waals surface area contributed by atoms with Gasteiger partial charge in [-0.25, -0.2) is 0 Å². The summed E-state index contributed by atoms with van der Waals surface area (Å²) in [7, 11) is -0.476. The van der Waals surface area contributed by atoms with Crippen molar-refractivity contribution in [1.82, 2.24) is 0 Å². The van der Waals surface area contributed by atoms with Crippen LogP contribution in [0.2, 0.25) is 0 Å². The van der Waals surface area contributed by atoms with Crippen LogP contribution in [0.5, 0.6) is 0 Å². The number of hydrogen-bond acceptors (Lipinski definition) is 0. The Morgan fingerprint density at radius 2 is 1.17 bits per heavy atom. The summed E-state index contributed by atoms with van der Waals surface area (Å²) in [6, 6.07) is 0. The Balaban J connectivity index is 0. The normalized spacial score (nSPS) is 11.0. The molecular weight excluding hydrogens is 231 g/mol. The number of halogens is 1. The van der Waals surface area contributed by atoms with Gasteiger partial charge in [-0.2, -0.15) is 0 Å². The third-order valence-corrected chi connectivity index (χ3v) is 5.29. The standard InChI is InChI=1S/C10H24P.BrH/c1-5-7-9-11(3,4)10-8-6-2;/h5-10H2,1-4H3;1H/q+1;/p-1. The summed E-state index contributed by atoms with van der Waals surface area (Å²) >= 11 is 0. The van der Waals surface area contributed by atoms with E-state index in [2.05, 4.69) is 27.2 Å². The molecule has 0 bridgehead atoms. The highest BCUT2D eigenvalue weighted by molar-refractivity contribution is 7.74. The first kappa shape index (κ1) is 15.4. The summed E-state index contributed by atoms with van der Waals surface area (Å²) in [4.78, 5) is 0. The zero-order chi connectivity index (χ0) is 8.74. The van der Waals surface area contributed by atoms with Crippen molar-refractivity contribution in [3.8, 4) is 0 Å². The first-order valence-corrected chi connectivity index (χ1v) is 7.99. The topological polar surface area (TPSA) is 0 Å². The monoisotopic (exact) mass is 254 g/mol. The Morgan fingerprint density at radius 3 is 1.42 bits per heavy atom. The number of rotatable bonds is 6. The maximum absolute atomic E-state index is 2.51. The van der Waals surface area contributed by atoms with E-state index in [9.17, 15) is 0 Å². The summed E-state index contributed by atoms with van der Waals surface area (Å²) < 4.78 is 0. The second-order valence-electron chi connectivity index (χ2n) is 4.09. The minimum absolute atomic E-state index is 0. The molecule has 0 saturated heterocycles. The van der Waals surface area contributed by atoms with Crippen LogP contribution < -0.4 is 17.0 Å². The van der Waals surface area contributed by atoms with Crippen LogP contribution >= 0.6 is 7.26 Å². The summed E-state index contributed by atoms with van der Waals surface area (Å²) in [6.07, 6.45) is 8.67. The van der Waals surface area contributed by atoms with Crippen LogP contribution in [0.4, 0.5) is 0 Å². The molecule has 12 heavy (non-hydrogen) atoms. The van der Waals surface area contributed by atoms with Gasteiger partial charge in [0.05, 0.1) is 12.3 Å². The Bertz CT molecular complexity index is 81.8. The Labute approximate surface area is 89.6 Å². The molecule has 0 aliphatic heterocycles. The van der Waals surface area contributed by atoms with Gasteiger partial charge in [0.15, 0.2) is 0 Å². The fraction of sp³-hybridized carbons (Fsp3) is 1.00. The summed E-state index contributed by atoms with van der Waals surface area (Å²) in [5, 5.41) is 0. The maximum Gasteiger partial charge on any atom is 0.0588 e. The van der Waals surface area contributed by atoms with E-state index in [-0.39, 0.29) is 17.0 Å². The molecule has 0 spiro atoms. The van der Waals surface area contributed by atoms with Gasteiger partial charge in [-0.15, -0.1) is 0 Å². The molecule has 0 aromatic heterocycles. The molecule has 0 aliphatic carbocycles. The van der Waals surface area contributed by atoms with Gasteiger partial charge in [0.25, 0.3) is 0 Å². The van der Waals surface area contributed by atoms with Crippen molar-refractivity contribution < 1.29 is 17.0 Å². The Kier molecular flexibility index (Phi) is 10.9. The van der Waals surface area contributed by atoms with Crippen LogP contribution in [0, 0.1) is 0 Å². The third kappa shape index (κ3) is 9.00. The van der Waals surface area contributed by atoms with Crippen molar-refractivity contribution in [1.29, 1.82) is 0 Å². The van der Waals surface area contributed by atoms with E-state index in [4.69, 9.17) is 0 Å². The molecule has 0 fully saturated rings. The van der Waals surface area contributed by atoms with Gasteiger partial charge >= 0.3 is 0 Å². The molecule has 0 atom stereocenters. The number of unbranched alkanes of at least 4 members (excludes halogenated alkanes) is 2. The molecule has 0 radical (unpaired) electrons. The SMILES string of the molecule is CCCC[P+](C)(C)CCCC.[Br-]. The first-order valence-electron chi connectivity index (χ1n) is 4.94. The molecule has 0 N–H and O–H groups in total. The summed E-state index contributed by atoms with van der Waals surface area (Å²) in [5.74, 6) is 0. The van der Waals surface area contributed by atoms with Gasteiger partial charge in [-0.3, -0.25) is 0 Å². The van der Waals surface area contributed by atoms with Crippen molar-refractivity contribution in [3.05, 3.63) is 0 Å². The van der Waals surface area contributed by atoms with E-state index >= 15 is 0 Å². The van der Waals surface area contributed by atoms with Gasteiger partial charge < -0.3 is 17.0 Å². The molecule has 0 aromatic rings. The average molecular weight is 255 g/mol. The van der Waals surface area contributed by atoms with Crippen LogP contribution in [0.15, 0.2) is 0 Å². The Morgan fingerprint density at radius 1 is 0.833 bits per heavy atom. The van der Waals surface area contributed by atoms with Gasteiger partial charge in [-0.1, -0.05) is 26.7 Å². The average Bonchev–Trinajstić information content (AvgIpc) is 1.97. The minimum Gasteiger partial charge on any atom is -1.00 e. The maximum atomic E-state index is 2.51. The molecule has 0 aliphatic rings. The molecule has 0 heterocycles. The lowest BCUT2D eigenvalue weighted by molar-refractivity contribution is -0.00000275. The van der Waals surface area contributed by atoms with E-state index in [0.29, 0.717) is 0 Å². The van der Waals surface area contributed by atoms with Gasteiger partial charge in [-0.05, 0) is 12.8 Å². The van der Waals surface area contributed by atoms with Crippen molar-refractivity contribution in [2.24, 2.45) is 0 Å². The lowest BCUT2D eigenvalue weighted by Gasteiger charge is -2.16. The molecule has 0 aromatic carbocycles. The quantitative estimate of drug-likeness (QED) is 0.618. The second-order valence-corrected chi connectivity index (χ2v) is 8.86. The van der Waals surface area contributed by atoms with Crippen molar-refractivity contribution >= 4 is 7.26 Å². The molecule has 2 heteroatoms. The highest BCUT2D eigenvalue weighted by atomic mass is 79.9. The highest BCUT2D eigenvalue weighted by Crippen LogP contribution is 2.52. The molecule has 0 nitrogen and oxygen atoms in total. The van der Waals surface area contributed by atoms with E-state index < -0.39 is 7.26 Å². The second kappa shape index (κ2) is 8.51. The van der Waals surface area contributed by atoms with Crippen LogP contribution in [-0.2, 0) is 0 Å². The lowest BCUT2D eigenvalue weighted by Crippen LogP contribution is -3.00. The lowest BCUT2D eigenvalue weighted by atomic mass is 10.4. The van der Waals surface area contributed by atoms with Gasteiger partial charge in [0.1, 0.15) is 0 Å². The van der Waals surface area contributed by atoms with Crippen LogP contribution in [0.25, 0.3) is 0 Å². The van der Waals surface area contributed by atoms with E-state index in [1.54, 1.807) is 0 Å². The zero-order valence-corrected chi connectivity index (χ0v) is 11.5. The molecule has 0 rings (SSSR count).